The molecule has 0 heterocycles. The molecule has 0 spiro atoms. The summed E-state index contributed by atoms with van der Waals surface area (Å²) in [7, 11) is 0. The smallest absolute Gasteiger partial charge is 0.269 e. The molecule has 18 heavy (non-hydrogen) atoms. The maximum absolute atomic E-state index is 10.5. The molecule has 92 valence electrons. The van der Waals surface area contributed by atoms with Crippen LogP contribution in [0.2, 0.25) is 0 Å². The molecule has 0 fully saturated rings. The number of aromatic hydroxyl groups is 1. The van der Waals surface area contributed by atoms with Crippen molar-refractivity contribution in [3.63, 3.8) is 0 Å². The Kier molecular flexibility index (Phi) is 3.01. The van der Waals surface area contributed by atoms with Crippen LogP contribution in [0, 0.1) is 10.1 Å². The number of nitrogens with two attached hydrogens (primary N) is 1. The molecule has 2 aromatic carbocycles. The molecule has 0 bridgehead atoms. The third kappa shape index (κ3) is 2.49. The number of nitrogens with zero attached hydrogens (tertiary/aromatic N) is 1. The molecule has 0 atom stereocenters. The Hall–Kier alpha value is -2.76. The molecule has 0 aliphatic rings. The zero-order valence-corrected chi connectivity index (χ0v) is 9.24. The number of rotatable bonds is 3. The Morgan fingerprint density at radius 1 is 1.11 bits per heavy atom. The molecule has 0 saturated carbocycles. The minimum Gasteiger partial charge on any atom is -0.506 e. The Morgan fingerprint density at radius 2 is 1.72 bits per heavy atom. The zero-order valence-electron chi connectivity index (χ0n) is 9.24. The standard InChI is InChI=1S/C12H10N2O4/c13-11-6-5-10(7-12(11)15)18-9-3-1-8(2-4-9)14(16)17/h1-7,15H,13H2. The van der Waals surface area contributed by atoms with Crippen molar-refractivity contribution < 1.29 is 14.8 Å². The van der Waals surface area contributed by atoms with Crippen LogP contribution in [0.15, 0.2) is 42.5 Å². The largest absolute Gasteiger partial charge is 0.506 e. The van der Waals surface area contributed by atoms with Gasteiger partial charge in [-0.2, -0.15) is 0 Å². The van der Waals surface area contributed by atoms with Gasteiger partial charge in [-0.3, -0.25) is 10.1 Å². The van der Waals surface area contributed by atoms with Crippen LogP contribution in [0.25, 0.3) is 0 Å². The normalized spacial score (nSPS) is 10.0. The SMILES string of the molecule is Nc1ccc(Oc2ccc([N+](=O)[O-])cc2)cc1O. The summed E-state index contributed by atoms with van der Waals surface area (Å²) in [6.07, 6.45) is 0. The summed E-state index contributed by atoms with van der Waals surface area (Å²) in [5.41, 5.74) is 5.70. The molecule has 0 aliphatic heterocycles. The quantitative estimate of drug-likeness (QED) is 0.375. The molecular weight excluding hydrogens is 236 g/mol. The van der Waals surface area contributed by atoms with E-state index in [0.717, 1.165) is 0 Å². The van der Waals surface area contributed by atoms with E-state index in [0.29, 0.717) is 11.5 Å². The second-order valence-corrected chi connectivity index (χ2v) is 3.57. The lowest BCUT2D eigenvalue weighted by Crippen LogP contribution is -1.89. The average Bonchev–Trinajstić information content (AvgIpc) is 2.34. The molecule has 2 aromatic rings. The van der Waals surface area contributed by atoms with Crippen LogP contribution in [0.4, 0.5) is 11.4 Å². The molecule has 6 heteroatoms. The van der Waals surface area contributed by atoms with Crippen molar-refractivity contribution in [2.75, 3.05) is 5.73 Å². The third-order valence-corrected chi connectivity index (χ3v) is 2.29. The molecule has 6 nitrogen and oxygen atoms in total. The fourth-order valence-electron chi connectivity index (χ4n) is 1.36. The number of hydrogen-bond donors (Lipinski definition) is 2. The lowest BCUT2D eigenvalue weighted by Gasteiger charge is -2.06. The van der Waals surface area contributed by atoms with E-state index in [1.807, 2.05) is 0 Å². The summed E-state index contributed by atoms with van der Waals surface area (Å²) in [6.45, 7) is 0. The monoisotopic (exact) mass is 246 g/mol. The number of nitro groups is 1. The highest BCUT2D eigenvalue weighted by Crippen LogP contribution is 2.29. The zero-order chi connectivity index (χ0) is 13.1. The van der Waals surface area contributed by atoms with Gasteiger partial charge in [0.2, 0.25) is 0 Å². The molecule has 0 aliphatic carbocycles. The summed E-state index contributed by atoms with van der Waals surface area (Å²) in [6, 6.07) is 10.1. The molecule has 3 N–H and O–H groups in total. The Labute approximate surface area is 102 Å². The van der Waals surface area contributed by atoms with Crippen molar-refractivity contribution in [1.29, 1.82) is 0 Å². The highest BCUT2D eigenvalue weighted by Gasteiger charge is 2.06. The van der Waals surface area contributed by atoms with Crippen molar-refractivity contribution in [3.8, 4) is 17.2 Å². The minimum absolute atomic E-state index is 0.0116. The number of ether oxygens (including phenoxy) is 1. The number of anilines is 1. The van der Waals surface area contributed by atoms with Crippen LogP contribution in [0.1, 0.15) is 0 Å². The molecule has 0 saturated heterocycles. The predicted molar refractivity (Wildman–Crippen MR) is 65.7 cm³/mol. The maximum Gasteiger partial charge on any atom is 0.269 e. The van der Waals surface area contributed by atoms with Gasteiger partial charge in [-0.25, -0.2) is 0 Å². The molecule has 0 unspecified atom stereocenters. The first-order chi connectivity index (χ1) is 8.56. The molecular formula is C12H10N2O4. The van der Waals surface area contributed by atoms with Crippen LogP contribution < -0.4 is 10.5 Å². The first-order valence-corrected chi connectivity index (χ1v) is 5.07. The topological polar surface area (TPSA) is 98.6 Å². The fraction of sp³-hybridized carbons (Fsp3) is 0. The van der Waals surface area contributed by atoms with Gasteiger partial charge in [0.15, 0.2) is 0 Å². The summed E-state index contributed by atoms with van der Waals surface area (Å²) < 4.78 is 5.41. The van der Waals surface area contributed by atoms with E-state index in [1.54, 1.807) is 6.07 Å². The van der Waals surface area contributed by atoms with E-state index in [1.165, 1.54) is 36.4 Å². The van der Waals surface area contributed by atoms with Crippen molar-refractivity contribution in [2.45, 2.75) is 0 Å². The number of phenolic OH excluding ortho intramolecular Hbond substituents is 1. The highest BCUT2D eigenvalue weighted by atomic mass is 16.6. The summed E-state index contributed by atoms with van der Waals surface area (Å²) in [5.74, 6) is 0.759. The van der Waals surface area contributed by atoms with Gasteiger partial charge in [0.1, 0.15) is 17.2 Å². The minimum atomic E-state index is -0.487. The maximum atomic E-state index is 10.5. The van der Waals surface area contributed by atoms with Crippen LogP contribution >= 0.6 is 0 Å². The second kappa shape index (κ2) is 4.62. The van der Waals surface area contributed by atoms with Crippen molar-refractivity contribution >= 4 is 11.4 Å². The third-order valence-electron chi connectivity index (χ3n) is 2.29. The van der Waals surface area contributed by atoms with Gasteiger partial charge in [-0.05, 0) is 24.3 Å². The lowest BCUT2D eigenvalue weighted by molar-refractivity contribution is -0.384. The number of hydrogen-bond acceptors (Lipinski definition) is 5. The second-order valence-electron chi connectivity index (χ2n) is 3.57. The van der Waals surface area contributed by atoms with Crippen molar-refractivity contribution in [2.24, 2.45) is 0 Å². The van der Waals surface area contributed by atoms with E-state index in [-0.39, 0.29) is 17.1 Å². The van der Waals surface area contributed by atoms with Gasteiger partial charge in [0, 0.05) is 18.2 Å². The lowest BCUT2D eigenvalue weighted by atomic mass is 10.2. The predicted octanol–water partition coefficient (Wildman–Crippen LogP) is 2.67. The van der Waals surface area contributed by atoms with E-state index in [4.69, 9.17) is 10.5 Å². The first kappa shape index (κ1) is 11.7. The summed E-state index contributed by atoms with van der Waals surface area (Å²) in [5, 5.41) is 19.9. The van der Waals surface area contributed by atoms with Crippen molar-refractivity contribution in [1.82, 2.24) is 0 Å². The van der Waals surface area contributed by atoms with E-state index < -0.39 is 4.92 Å². The molecule has 0 amide bonds. The van der Waals surface area contributed by atoms with Crippen LogP contribution in [0.3, 0.4) is 0 Å². The number of benzene rings is 2. The van der Waals surface area contributed by atoms with Gasteiger partial charge in [0.25, 0.3) is 5.69 Å². The summed E-state index contributed by atoms with van der Waals surface area (Å²) in [4.78, 5) is 9.98. The van der Waals surface area contributed by atoms with Gasteiger partial charge < -0.3 is 15.6 Å². The number of non-ortho nitro benzene ring substituents is 1. The van der Waals surface area contributed by atoms with Gasteiger partial charge in [0.05, 0.1) is 10.6 Å². The first-order valence-electron chi connectivity index (χ1n) is 5.07. The van der Waals surface area contributed by atoms with E-state index >= 15 is 0 Å². The van der Waals surface area contributed by atoms with Crippen LogP contribution in [-0.4, -0.2) is 10.0 Å². The molecule has 0 aromatic heterocycles. The average molecular weight is 246 g/mol. The molecule has 0 radical (unpaired) electrons. The number of nitrogen functional groups attached to an aromatic ring is 1. The Bertz CT molecular complexity index is 581. The van der Waals surface area contributed by atoms with E-state index in [2.05, 4.69) is 0 Å². The highest BCUT2D eigenvalue weighted by molar-refractivity contribution is 5.55. The van der Waals surface area contributed by atoms with Crippen LogP contribution in [-0.2, 0) is 0 Å². The summed E-state index contributed by atoms with van der Waals surface area (Å²) >= 11 is 0. The molecule has 2 rings (SSSR count). The van der Waals surface area contributed by atoms with Gasteiger partial charge >= 0.3 is 0 Å². The van der Waals surface area contributed by atoms with Crippen LogP contribution in [0.5, 0.6) is 17.2 Å². The van der Waals surface area contributed by atoms with Crippen molar-refractivity contribution in [3.05, 3.63) is 52.6 Å². The van der Waals surface area contributed by atoms with E-state index in [9.17, 15) is 15.2 Å². The van der Waals surface area contributed by atoms with Gasteiger partial charge in [-0.1, -0.05) is 0 Å². The Balaban J connectivity index is 2.18. The fourth-order valence-corrected chi connectivity index (χ4v) is 1.36. The number of nitro benzene ring substituents is 1. The Morgan fingerprint density at radius 3 is 2.28 bits per heavy atom. The van der Waals surface area contributed by atoms with Gasteiger partial charge in [-0.15, -0.1) is 0 Å². The number of phenols is 1.